The summed E-state index contributed by atoms with van der Waals surface area (Å²) >= 11 is 0. The van der Waals surface area contributed by atoms with E-state index < -0.39 is 0 Å². The Bertz CT molecular complexity index is 2200. The van der Waals surface area contributed by atoms with E-state index in [0.29, 0.717) is 0 Å². The molecule has 5 heterocycles. The van der Waals surface area contributed by atoms with Gasteiger partial charge in [-0.25, -0.2) is 9.97 Å². The van der Waals surface area contributed by atoms with E-state index in [1.54, 1.807) is 0 Å². The molecule has 0 saturated carbocycles. The predicted molar refractivity (Wildman–Crippen MR) is 153 cm³/mol. The summed E-state index contributed by atoms with van der Waals surface area (Å²) < 4.78 is 9.06. The van der Waals surface area contributed by atoms with Gasteiger partial charge < -0.3 is 0 Å². The molecule has 9 rings (SSSR count). The van der Waals surface area contributed by atoms with Crippen molar-refractivity contribution in [2.45, 2.75) is 0 Å². The van der Waals surface area contributed by atoms with Crippen molar-refractivity contribution in [3.63, 3.8) is 0 Å². The van der Waals surface area contributed by atoms with Crippen LogP contribution in [0.25, 0.3) is 66.9 Å². The molecular weight excluding hydrogens is 468 g/mol. The van der Waals surface area contributed by atoms with Crippen molar-refractivity contribution in [1.29, 1.82) is 0 Å². The summed E-state index contributed by atoms with van der Waals surface area (Å²) in [6, 6.07) is 40.4. The van der Waals surface area contributed by atoms with E-state index >= 15 is 0 Å². The monoisotopic (exact) mass is 488 g/mol. The number of pyridine rings is 1. The fourth-order valence-corrected chi connectivity index (χ4v) is 6.03. The largest absolute Gasteiger partial charge is 0.292 e. The summed E-state index contributed by atoms with van der Waals surface area (Å²) in [6.45, 7) is 0. The highest BCUT2D eigenvalue weighted by atomic mass is 15.2. The van der Waals surface area contributed by atoms with Gasteiger partial charge in [-0.2, -0.15) is 0 Å². The third kappa shape index (κ3) is 2.46. The molecule has 0 fully saturated rings. The molecule has 0 aliphatic rings. The molecule has 0 saturated heterocycles. The normalized spacial score (nSPS) is 12.2. The zero-order valence-corrected chi connectivity index (χ0v) is 20.2. The van der Waals surface area contributed by atoms with Crippen LogP contribution in [0.2, 0.25) is 0 Å². The van der Waals surface area contributed by atoms with Crippen LogP contribution in [0.3, 0.4) is 0 Å². The van der Waals surface area contributed by atoms with Gasteiger partial charge in [0, 0.05) is 11.6 Å². The maximum absolute atomic E-state index is 5.05. The molecular formula is C32H20N6. The van der Waals surface area contributed by atoms with Crippen molar-refractivity contribution in [3.05, 3.63) is 121 Å². The number of nitrogens with zero attached hydrogens (tertiary/aromatic N) is 6. The molecule has 0 unspecified atom stereocenters. The van der Waals surface area contributed by atoms with Crippen LogP contribution < -0.4 is 0 Å². The van der Waals surface area contributed by atoms with Crippen molar-refractivity contribution in [3.8, 4) is 11.4 Å². The van der Waals surface area contributed by atoms with Gasteiger partial charge in [0.25, 0.3) is 0 Å². The number of benzene rings is 4. The molecule has 0 amide bonds. The molecule has 6 heteroatoms. The van der Waals surface area contributed by atoms with Gasteiger partial charge in [0.1, 0.15) is 5.65 Å². The molecule has 0 spiro atoms. The minimum absolute atomic E-state index is 0.901. The lowest BCUT2D eigenvalue weighted by Gasteiger charge is -2.10. The number of rotatable bonds is 2. The third-order valence-electron chi connectivity index (χ3n) is 7.59. The third-order valence-corrected chi connectivity index (χ3v) is 7.59. The van der Waals surface area contributed by atoms with E-state index in [0.717, 1.165) is 56.0 Å². The number of hydrogen-bond acceptors (Lipinski definition) is 2. The average molecular weight is 489 g/mol. The maximum atomic E-state index is 5.05. The smallest absolute Gasteiger partial charge is 0.220 e. The van der Waals surface area contributed by atoms with Crippen LogP contribution >= 0.6 is 0 Å². The number of imidazole rings is 3. The molecule has 178 valence electrons. The van der Waals surface area contributed by atoms with Crippen LogP contribution in [0.1, 0.15) is 0 Å². The van der Waals surface area contributed by atoms with Crippen LogP contribution in [0.15, 0.2) is 121 Å². The topological polar surface area (TPSA) is 44.5 Å². The highest BCUT2D eigenvalue weighted by Crippen LogP contribution is 2.33. The Morgan fingerprint density at radius 3 is 2.11 bits per heavy atom. The Hall–Kier alpha value is -5.36. The second-order valence-electron chi connectivity index (χ2n) is 9.66. The van der Waals surface area contributed by atoms with E-state index in [4.69, 9.17) is 9.97 Å². The van der Waals surface area contributed by atoms with E-state index in [1.807, 2.05) is 18.3 Å². The number of aromatic nitrogens is 6. The van der Waals surface area contributed by atoms with Crippen molar-refractivity contribution >= 4 is 55.6 Å². The molecule has 38 heavy (non-hydrogen) atoms. The zero-order valence-electron chi connectivity index (χ0n) is 20.2. The first-order chi connectivity index (χ1) is 18.9. The lowest BCUT2D eigenvalue weighted by molar-refractivity contribution is 1.08. The summed E-state index contributed by atoms with van der Waals surface area (Å²) in [6.07, 6.45) is 1.86. The fourth-order valence-electron chi connectivity index (χ4n) is 6.03. The molecule has 0 bridgehead atoms. The minimum Gasteiger partial charge on any atom is -0.292 e. The highest BCUT2D eigenvalue weighted by molar-refractivity contribution is 5.95. The van der Waals surface area contributed by atoms with E-state index in [1.165, 1.54) is 10.9 Å². The lowest BCUT2D eigenvalue weighted by Crippen LogP contribution is -1.99. The molecule has 0 atom stereocenters. The Kier molecular flexibility index (Phi) is 3.70. The SMILES string of the molecule is c1cc(-n2c3ncccc3n3c4ccccc4cc23)cc(-n2c3ccccc3n3c4ccccc4nc23)c1. The summed E-state index contributed by atoms with van der Waals surface area (Å²) in [4.78, 5) is 9.87. The van der Waals surface area contributed by atoms with Gasteiger partial charge in [-0.3, -0.25) is 17.9 Å². The Morgan fingerprint density at radius 2 is 1.21 bits per heavy atom. The first-order valence-electron chi connectivity index (χ1n) is 12.7. The summed E-state index contributed by atoms with van der Waals surface area (Å²) in [7, 11) is 0. The van der Waals surface area contributed by atoms with Crippen LogP contribution in [0, 0.1) is 0 Å². The molecule has 9 aromatic rings. The molecule has 0 N–H and O–H groups in total. The van der Waals surface area contributed by atoms with Gasteiger partial charge in [-0.1, -0.05) is 48.5 Å². The van der Waals surface area contributed by atoms with Crippen molar-refractivity contribution in [2.24, 2.45) is 0 Å². The van der Waals surface area contributed by atoms with E-state index in [9.17, 15) is 0 Å². The minimum atomic E-state index is 0.901. The van der Waals surface area contributed by atoms with E-state index in [2.05, 4.69) is 121 Å². The van der Waals surface area contributed by atoms with Crippen molar-refractivity contribution in [2.75, 3.05) is 0 Å². The van der Waals surface area contributed by atoms with Gasteiger partial charge in [0.2, 0.25) is 5.78 Å². The van der Waals surface area contributed by atoms with E-state index in [-0.39, 0.29) is 0 Å². The second kappa shape index (κ2) is 7.11. The standard InChI is InChI=1S/C32H20N6/c1-3-13-25-21(9-1)19-30-36(31-29(37(25)30)17-8-18-33-31)23-11-7-10-22(20-23)35-27-15-5-6-16-28(27)38-26-14-4-2-12-24(26)34-32(35)38/h1-20H. The quantitative estimate of drug-likeness (QED) is 0.259. The molecule has 6 nitrogen and oxygen atoms in total. The molecule has 4 aromatic carbocycles. The summed E-state index contributed by atoms with van der Waals surface area (Å²) in [5.74, 6) is 0.901. The predicted octanol–water partition coefficient (Wildman–Crippen LogP) is 7.18. The van der Waals surface area contributed by atoms with Crippen LogP contribution in [-0.2, 0) is 0 Å². The fraction of sp³-hybridized carbons (Fsp3) is 0. The number of para-hydroxylation sites is 5. The van der Waals surface area contributed by atoms with Gasteiger partial charge in [0.05, 0.1) is 44.5 Å². The highest BCUT2D eigenvalue weighted by Gasteiger charge is 2.19. The Labute approximate surface area is 216 Å². The van der Waals surface area contributed by atoms with Gasteiger partial charge in [0.15, 0.2) is 5.65 Å². The first kappa shape index (κ1) is 19.8. The van der Waals surface area contributed by atoms with Crippen molar-refractivity contribution in [1.82, 2.24) is 27.9 Å². The van der Waals surface area contributed by atoms with Crippen molar-refractivity contribution < 1.29 is 0 Å². The maximum Gasteiger partial charge on any atom is 0.220 e. The van der Waals surface area contributed by atoms with Gasteiger partial charge in [-0.05, 0) is 66.7 Å². The molecule has 0 radical (unpaired) electrons. The van der Waals surface area contributed by atoms with Gasteiger partial charge in [-0.15, -0.1) is 0 Å². The Morgan fingerprint density at radius 1 is 0.500 bits per heavy atom. The lowest BCUT2D eigenvalue weighted by atomic mass is 10.2. The molecule has 0 aliphatic heterocycles. The molecule has 5 aromatic heterocycles. The average Bonchev–Trinajstić information content (AvgIpc) is 3.69. The zero-order chi connectivity index (χ0) is 24.8. The summed E-state index contributed by atoms with van der Waals surface area (Å²) in [5, 5.41) is 1.21. The first-order valence-corrected chi connectivity index (χ1v) is 12.7. The van der Waals surface area contributed by atoms with Crippen LogP contribution in [0.4, 0.5) is 0 Å². The Balaban J connectivity index is 1.37. The second-order valence-corrected chi connectivity index (χ2v) is 9.66. The summed E-state index contributed by atoms with van der Waals surface area (Å²) in [5.41, 5.74) is 10.7. The van der Waals surface area contributed by atoms with Gasteiger partial charge >= 0.3 is 0 Å². The number of hydrogen-bond donors (Lipinski definition) is 0. The van der Waals surface area contributed by atoms with Crippen LogP contribution in [0.5, 0.6) is 0 Å². The van der Waals surface area contributed by atoms with Crippen LogP contribution in [-0.4, -0.2) is 27.9 Å². The number of fused-ring (bicyclic) bond motifs is 10. The molecule has 0 aliphatic carbocycles.